The second-order valence-corrected chi connectivity index (χ2v) is 7.33. The van der Waals surface area contributed by atoms with Gasteiger partial charge in [0.1, 0.15) is 23.2 Å². The maximum Gasteiger partial charge on any atom is 0.338 e. The van der Waals surface area contributed by atoms with E-state index < -0.39 is 0 Å². The van der Waals surface area contributed by atoms with Crippen molar-refractivity contribution in [2.75, 3.05) is 20.3 Å². The number of aliphatic hydroxyl groups excluding tert-OH is 1. The normalized spacial score (nSPS) is 13.9. The first-order chi connectivity index (χ1) is 15.0. The standard InChI is InChI=1S/C23H24N4O4/c1-3-10-31-23(29)15-6-4-14(5-7-15)12-27-13-19(28)20(21(27)24)22-25-17-9-8-16(30-2)11-18(17)26-22/h4-9,11,24,28H,3,10,12-13H2,1-2H3,(H,25,26). The summed E-state index contributed by atoms with van der Waals surface area (Å²) in [5, 5.41) is 19.1. The van der Waals surface area contributed by atoms with E-state index in [1.165, 1.54) is 0 Å². The highest BCUT2D eigenvalue weighted by atomic mass is 16.5. The third-order valence-corrected chi connectivity index (χ3v) is 5.11. The van der Waals surface area contributed by atoms with Gasteiger partial charge in [-0.25, -0.2) is 9.78 Å². The number of H-pyrrole nitrogens is 1. The van der Waals surface area contributed by atoms with E-state index in [1.807, 2.05) is 37.3 Å². The van der Waals surface area contributed by atoms with E-state index in [1.54, 1.807) is 24.1 Å². The number of imidazole rings is 1. The van der Waals surface area contributed by atoms with Gasteiger partial charge in [0.05, 0.1) is 42.4 Å². The van der Waals surface area contributed by atoms with E-state index in [-0.39, 0.29) is 24.1 Å². The molecular weight excluding hydrogens is 396 g/mol. The Kier molecular flexibility index (Phi) is 5.62. The molecule has 4 rings (SSSR count). The number of aromatic amines is 1. The molecule has 0 bridgehead atoms. The number of esters is 1. The van der Waals surface area contributed by atoms with E-state index in [4.69, 9.17) is 14.9 Å². The van der Waals surface area contributed by atoms with Gasteiger partial charge in [-0.2, -0.15) is 0 Å². The van der Waals surface area contributed by atoms with Crippen LogP contribution in [-0.4, -0.2) is 52.0 Å². The minimum atomic E-state index is -0.342. The minimum Gasteiger partial charge on any atom is -0.510 e. The van der Waals surface area contributed by atoms with Crippen molar-refractivity contribution in [2.45, 2.75) is 19.9 Å². The number of methoxy groups -OCH3 is 1. The van der Waals surface area contributed by atoms with Crippen LogP contribution in [0.5, 0.6) is 5.75 Å². The summed E-state index contributed by atoms with van der Waals surface area (Å²) in [7, 11) is 1.60. The SMILES string of the molecule is CCCOC(=O)c1ccc(CN2CC(O)=C(c3nc4ccc(OC)cc4[nH]3)C2=N)cc1. The number of hydrogen-bond acceptors (Lipinski definition) is 6. The highest BCUT2D eigenvalue weighted by Crippen LogP contribution is 2.29. The molecule has 3 aromatic rings. The zero-order valence-electron chi connectivity index (χ0n) is 17.4. The van der Waals surface area contributed by atoms with Gasteiger partial charge in [0.2, 0.25) is 0 Å². The van der Waals surface area contributed by atoms with E-state index in [9.17, 15) is 9.90 Å². The predicted molar refractivity (Wildman–Crippen MR) is 117 cm³/mol. The molecule has 8 heteroatoms. The second-order valence-electron chi connectivity index (χ2n) is 7.33. The number of rotatable bonds is 7. The van der Waals surface area contributed by atoms with E-state index in [0.29, 0.717) is 35.9 Å². The second kappa shape index (κ2) is 8.51. The lowest BCUT2D eigenvalue weighted by Gasteiger charge is -2.18. The van der Waals surface area contributed by atoms with Crippen molar-refractivity contribution in [3.63, 3.8) is 0 Å². The third-order valence-electron chi connectivity index (χ3n) is 5.11. The fraction of sp³-hybridized carbons (Fsp3) is 0.261. The molecular formula is C23H24N4O4. The van der Waals surface area contributed by atoms with E-state index in [2.05, 4.69) is 9.97 Å². The first-order valence-electron chi connectivity index (χ1n) is 10.1. The molecule has 0 saturated heterocycles. The summed E-state index contributed by atoms with van der Waals surface area (Å²) in [6, 6.07) is 12.6. The van der Waals surface area contributed by atoms with E-state index >= 15 is 0 Å². The summed E-state index contributed by atoms with van der Waals surface area (Å²) in [5.74, 6) is 1.09. The lowest BCUT2D eigenvalue weighted by Crippen LogP contribution is -2.26. The highest BCUT2D eigenvalue weighted by Gasteiger charge is 2.30. The van der Waals surface area contributed by atoms with Gasteiger partial charge in [-0.3, -0.25) is 5.41 Å². The Hall–Kier alpha value is -3.81. The van der Waals surface area contributed by atoms with Crippen molar-refractivity contribution < 1.29 is 19.4 Å². The fourth-order valence-electron chi connectivity index (χ4n) is 3.50. The number of fused-ring (bicyclic) bond motifs is 1. The van der Waals surface area contributed by atoms with Gasteiger partial charge in [0.15, 0.2) is 0 Å². The Morgan fingerprint density at radius 3 is 2.74 bits per heavy atom. The van der Waals surface area contributed by atoms with Crippen LogP contribution in [0.1, 0.15) is 35.1 Å². The number of carbonyl (C=O) groups excluding carboxylic acids is 1. The number of hydrogen-bond donors (Lipinski definition) is 3. The first-order valence-corrected chi connectivity index (χ1v) is 10.1. The molecule has 0 saturated carbocycles. The van der Waals surface area contributed by atoms with Gasteiger partial charge in [0.25, 0.3) is 0 Å². The van der Waals surface area contributed by atoms with Crippen LogP contribution in [0.15, 0.2) is 48.2 Å². The van der Waals surface area contributed by atoms with Gasteiger partial charge in [-0.15, -0.1) is 0 Å². The largest absolute Gasteiger partial charge is 0.510 e. The highest BCUT2D eigenvalue weighted by molar-refractivity contribution is 6.23. The van der Waals surface area contributed by atoms with Gasteiger partial charge in [-0.05, 0) is 36.2 Å². The lowest BCUT2D eigenvalue weighted by atomic mass is 10.1. The number of nitrogens with one attached hydrogen (secondary N) is 2. The minimum absolute atomic E-state index is 0.0933. The molecule has 31 heavy (non-hydrogen) atoms. The van der Waals surface area contributed by atoms with Crippen LogP contribution in [0, 0.1) is 5.41 Å². The monoisotopic (exact) mass is 420 g/mol. The molecule has 0 atom stereocenters. The zero-order valence-corrected chi connectivity index (χ0v) is 17.4. The third kappa shape index (κ3) is 4.09. The lowest BCUT2D eigenvalue weighted by molar-refractivity contribution is 0.0505. The zero-order chi connectivity index (χ0) is 22.0. The van der Waals surface area contributed by atoms with Crippen molar-refractivity contribution in [3.8, 4) is 5.75 Å². The smallest absolute Gasteiger partial charge is 0.338 e. The van der Waals surface area contributed by atoms with Crippen LogP contribution in [0.3, 0.4) is 0 Å². The molecule has 1 aliphatic heterocycles. The molecule has 2 heterocycles. The summed E-state index contributed by atoms with van der Waals surface area (Å²) >= 11 is 0. The Labute approximate surface area is 179 Å². The molecule has 0 fully saturated rings. The Bertz CT molecular complexity index is 1160. The molecule has 0 spiro atoms. The maximum absolute atomic E-state index is 11.9. The number of aromatic nitrogens is 2. The molecule has 0 unspecified atom stereocenters. The predicted octanol–water partition coefficient (Wildman–Crippen LogP) is 3.90. The first kappa shape index (κ1) is 20.5. The summed E-state index contributed by atoms with van der Waals surface area (Å²) < 4.78 is 10.4. The number of aliphatic hydroxyl groups is 1. The van der Waals surface area contributed by atoms with Crippen molar-refractivity contribution >= 4 is 28.4 Å². The summed E-state index contributed by atoms with van der Waals surface area (Å²) in [4.78, 5) is 21.4. The number of benzene rings is 2. The summed E-state index contributed by atoms with van der Waals surface area (Å²) in [5.41, 5.74) is 3.29. The molecule has 3 N–H and O–H groups in total. The van der Waals surface area contributed by atoms with Gasteiger partial charge >= 0.3 is 5.97 Å². The molecule has 2 aromatic carbocycles. The van der Waals surface area contributed by atoms with Crippen LogP contribution in [0.25, 0.3) is 16.6 Å². The Morgan fingerprint density at radius 2 is 2.03 bits per heavy atom. The van der Waals surface area contributed by atoms with Crippen LogP contribution in [-0.2, 0) is 11.3 Å². The summed E-state index contributed by atoms with van der Waals surface area (Å²) in [6.07, 6.45) is 0.776. The van der Waals surface area contributed by atoms with E-state index in [0.717, 1.165) is 23.0 Å². The molecule has 8 nitrogen and oxygen atoms in total. The van der Waals surface area contributed by atoms with Crippen LogP contribution in [0.4, 0.5) is 0 Å². The molecule has 0 aliphatic carbocycles. The maximum atomic E-state index is 11.9. The van der Waals surface area contributed by atoms with Crippen LogP contribution in [0.2, 0.25) is 0 Å². The van der Waals surface area contributed by atoms with Crippen LogP contribution >= 0.6 is 0 Å². The summed E-state index contributed by atoms with van der Waals surface area (Å²) in [6.45, 7) is 2.98. The number of ether oxygens (including phenoxy) is 2. The van der Waals surface area contributed by atoms with Gasteiger partial charge in [0, 0.05) is 12.6 Å². The number of nitrogens with zero attached hydrogens (tertiary/aromatic N) is 2. The van der Waals surface area contributed by atoms with Crippen molar-refractivity contribution in [1.82, 2.24) is 14.9 Å². The van der Waals surface area contributed by atoms with Gasteiger partial charge in [-0.1, -0.05) is 19.1 Å². The molecule has 0 amide bonds. The average molecular weight is 420 g/mol. The van der Waals surface area contributed by atoms with Crippen molar-refractivity contribution in [3.05, 3.63) is 65.2 Å². The number of carbonyl (C=O) groups is 1. The molecule has 1 aromatic heterocycles. The topological polar surface area (TPSA) is 112 Å². The van der Waals surface area contributed by atoms with Crippen molar-refractivity contribution in [2.24, 2.45) is 0 Å². The molecule has 160 valence electrons. The Morgan fingerprint density at radius 1 is 1.26 bits per heavy atom. The van der Waals surface area contributed by atoms with Crippen molar-refractivity contribution in [1.29, 1.82) is 5.41 Å². The van der Waals surface area contributed by atoms with Crippen LogP contribution < -0.4 is 4.74 Å². The quantitative estimate of drug-likeness (QED) is 0.500. The fourth-order valence-corrected chi connectivity index (χ4v) is 3.50. The molecule has 1 aliphatic rings. The van der Waals surface area contributed by atoms with Gasteiger partial charge < -0.3 is 24.5 Å². The number of amidine groups is 1. The molecule has 0 radical (unpaired) electrons. The average Bonchev–Trinajstić information content (AvgIpc) is 3.31. The Balaban J connectivity index is 1.48.